The maximum atomic E-state index is 9.99. The van der Waals surface area contributed by atoms with E-state index in [9.17, 15) is 5.11 Å². The van der Waals surface area contributed by atoms with Crippen molar-refractivity contribution in [3.63, 3.8) is 0 Å². The van der Waals surface area contributed by atoms with Crippen LogP contribution < -0.4 is 4.74 Å². The van der Waals surface area contributed by atoms with Gasteiger partial charge in [-0.05, 0) is 42.8 Å². The standard InChI is InChI=1S/C25H42O5Si/c1-10-20(15-26)23(30-31(8,9)24(3,4)5)25(6)22(29-25)18(2)16-28-17-19-11-13-21(27-7)14-12-19/h10-14,18,20,22-23,26H,1,15-17H2,2-9H3/t18-,20+,22+,23-,25-/m0/s1. The molecule has 2 rings (SSSR count). The normalized spacial score (nSPS) is 24.4. The molecule has 176 valence electrons. The highest BCUT2D eigenvalue weighted by atomic mass is 28.4. The van der Waals surface area contributed by atoms with Crippen LogP contribution in [0.15, 0.2) is 36.9 Å². The lowest BCUT2D eigenvalue weighted by molar-refractivity contribution is 0.0383. The van der Waals surface area contributed by atoms with Crippen molar-refractivity contribution in [1.82, 2.24) is 0 Å². The second kappa shape index (κ2) is 10.2. The number of aliphatic hydroxyl groups is 1. The Morgan fingerprint density at radius 1 is 1.26 bits per heavy atom. The SMILES string of the molecule is C=C[C@H](CO)[C@H](O[Si](C)(C)C(C)(C)C)[C@@]1(C)O[C@@H]1[C@@H](C)COCc1ccc(OC)cc1. The van der Waals surface area contributed by atoms with Gasteiger partial charge in [-0.3, -0.25) is 0 Å². The molecule has 0 radical (unpaired) electrons. The summed E-state index contributed by atoms with van der Waals surface area (Å²) in [5.41, 5.74) is 0.651. The van der Waals surface area contributed by atoms with Crippen molar-refractivity contribution in [2.24, 2.45) is 11.8 Å². The van der Waals surface area contributed by atoms with Gasteiger partial charge in [0, 0.05) is 11.8 Å². The van der Waals surface area contributed by atoms with E-state index in [1.54, 1.807) is 13.2 Å². The first kappa shape index (κ1) is 26.1. The van der Waals surface area contributed by atoms with E-state index in [4.69, 9.17) is 18.6 Å². The van der Waals surface area contributed by atoms with Gasteiger partial charge in [0.25, 0.3) is 0 Å². The molecule has 0 unspecified atom stereocenters. The van der Waals surface area contributed by atoms with Crippen LogP contribution in [-0.2, 0) is 20.5 Å². The van der Waals surface area contributed by atoms with Gasteiger partial charge in [-0.1, -0.05) is 45.9 Å². The predicted octanol–water partition coefficient (Wildman–Crippen LogP) is 5.19. The summed E-state index contributed by atoms with van der Waals surface area (Å²) in [6.07, 6.45) is 1.59. The summed E-state index contributed by atoms with van der Waals surface area (Å²) in [5.74, 6) is 0.877. The molecule has 1 saturated heterocycles. The van der Waals surface area contributed by atoms with E-state index in [1.165, 1.54) is 0 Å². The summed E-state index contributed by atoms with van der Waals surface area (Å²) >= 11 is 0. The summed E-state index contributed by atoms with van der Waals surface area (Å²) in [6.45, 7) is 20.5. The number of methoxy groups -OCH3 is 1. The highest BCUT2D eigenvalue weighted by Crippen LogP contribution is 2.50. The Bertz CT molecular complexity index is 712. The number of hydrogen-bond donors (Lipinski definition) is 1. The Balaban J connectivity index is 2.01. The molecule has 1 fully saturated rings. The molecule has 1 aromatic rings. The topological polar surface area (TPSA) is 60.5 Å². The van der Waals surface area contributed by atoms with Gasteiger partial charge < -0.3 is 23.7 Å². The van der Waals surface area contributed by atoms with Crippen LogP contribution in [-0.4, -0.2) is 51.6 Å². The van der Waals surface area contributed by atoms with E-state index in [0.29, 0.717) is 13.2 Å². The highest BCUT2D eigenvalue weighted by Gasteiger charge is 2.62. The van der Waals surface area contributed by atoms with Crippen LogP contribution in [0.2, 0.25) is 18.1 Å². The Morgan fingerprint density at radius 2 is 1.87 bits per heavy atom. The van der Waals surface area contributed by atoms with Gasteiger partial charge >= 0.3 is 0 Å². The molecule has 6 heteroatoms. The first-order valence-corrected chi connectivity index (χ1v) is 14.1. The lowest BCUT2D eigenvalue weighted by atomic mass is 9.86. The van der Waals surface area contributed by atoms with Crippen LogP contribution in [0.25, 0.3) is 0 Å². The highest BCUT2D eigenvalue weighted by molar-refractivity contribution is 6.74. The molecule has 0 spiro atoms. The fourth-order valence-corrected chi connectivity index (χ4v) is 5.14. The minimum atomic E-state index is -2.06. The predicted molar refractivity (Wildman–Crippen MR) is 128 cm³/mol. The number of hydrogen-bond acceptors (Lipinski definition) is 5. The summed E-state index contributed by atoms with van der Waals surface area (Å²) in [7, 11) is -0.393. The van der Waals surface area contributed by atoms with E-state index >= 15 is 0 Å². The number of ether oxygens (including phenoxy) is 3. The molecular formula is C25H42O5Si. The van der Waals surface area contributed by atoms with Gasteiger partial charge in [0.05, 0.1) is 39.1 Å². The Kier molecular flexibility index (Phi) is 8.56. The van der Waals surface area contributed by atoms with E-state index in [2.05, 4.69) is 54.3 Å². The number of benzene rings is 1. The fraction of sp³-hybridized carbons (Fsp3) is 0.680. The average molecular weight is 451 g/mol. The third kappa shape index (κ3) is 6.20. The number of aliphatic hydroxyl groups excluding tert-OH is 1. The molecule has 5 nitrogen and oxygen atoms in total. The van der Waals surface area contributed by atoms with Crippen molar-refractivity contribution in [2.45, 2.75) is 77.2 Å². The zero-order chi connectivity index (χ0) is 23.4. The van der Waals surface area contributed by atoms with Crippen molar-refractivity contribution < 1.29 is 23.7 Å². The first-order valence-electron chi connectivity index (χ1n) is 11.2. The molecule has 1 aliphatic heterocycles. The third-order valence-corrected chi connectivity index (χ3v) is 11.4. The van der Waals surface area contributed by atoms with Crippen molar-refractivity contribution in [3.8, 4) is 5.75 Å². The molecule has 0 amide bonds. The Hall–Kier alpha value is -1.18. The van der Waals surface area contributed by atoms with Crippen LogP contribution in [0, 0.1) is 11.8 Å². The largest absolute Gasteiger partial charge is 0.497 e. The van der Waals surface area contributed by atoms with Crippen LogP contribution in [0.5, 0.6) is 5.75 Å². The van der Waals surface area contributed by atoms with Crippen LogP contribution >= 0.6 is 0 Å². The quantitative estimate of drug-likeness (QED) is 0.270. The second-order valence-corrected chi connectivity index (χ2v) is 15.2. The maximum Gasteiger partial charge on any atom is 0.192 e. The minimum Gasteiger partial charge on any atom is -0.497 e. The first-order chi connectivity index (χ1) is 14.4. The average Bonchev–Trinajstić information content (AvgIpc) is 3.40. The van der Waals surface area contributed by atoms with Crippen molar-refractivity contribution in [3.05, 3.63) is 42.5 Å². The second-order valence-electron chi connectivity index (χ2n) is 10.4. The van der Waals surface area contributed by atoms with E-state index < -0.39 is 13.9 Å². The van der Waals surface area contributed by atoms with E-state index in [0.717, 1.165) is 11.3 Å². The summed E-state index contributed by atoms with van der Waals surface area (Å²) in [5, 5.41) is 10.1. The lowest BCUT2D eigenvalue weighted by Gasteiger charge is -2.42. The number of rotatable bonds is 12. The molecule has 0 bridgehead atoms. The number of epoxide rings is 1. The van der Waals surface area contributed by atoms with Crippen molar-refractivity contribution >= 4 is 8.32 Å². The minimum absolute atomic E-state index is 0.00316. The van der Waals surface area contributed by atoms with Crippen LogP contribution in [0.4, 0.5) is 0 Å². The van der Waals surface area contributed by atoms with Crippen molar-refractivity contribution in [1.29, 1.82) is 0 Å². The van der Waals surface area contributed by atoms with Gasteiger partial charge in [0.2, 0.25) is 0 Å². The molecule has 1 aromatic carbocycles. The molecular weight excluding hydrogens is 408 g/mol. The molecule has 1 heterocycles. The summed E-state index contributed by atoms with van der Waals surface area (Å²) in [6, 6.07) is 7.91. The maximum absolute atomic E-state index is 9.99. The molecule has 0 aliphatic carbocycles. The zero-order valence-electron chi connectivity index (χ0n) is 20.6. The van der Waals surface area contributed by atoms with Gasteiger partial charge in [-0.15, -0.1) is 6.58 Å². The molecule has 31 heavy (non-hydrogen) atoms. The fourth-order valence-electron chi connectivity index (χ4n) is 3.74. The molecule has 5 atom stereocenters. The molecule has 1 N–H and O–H groups in total. The molecule has 0 aromatic heterocycles. The smallest absolute Gasteiger partial charge is 0.192 e. The van der Waals surface area contributed by atoms with Gasteiger partial charge in [0.1, 0.15) is 11.4 Å². The van der Waals surface area contributed by atoms with Crippen molar-refractivity contribution in [2.75, 3.05) is 20.3 Å². The molecule has 0 saturated carbocycles. The monoisotopic (exact) mass is 450 g/mol. The van der Waals surface area contributed by atoms with E-state index in [-0.39, 0.29) is 35.7 Å². The van der Waals surface area contributed by atoms with Gasteiger partial charge in [-0.25, -0.2) is 0 Å². The lowest BCUT2D eigenvalue weighted by Crippen LogP contribution is -2.51. The van der Waals surface area contributed by atoms with E-state index in [1.807, 2.05) is 24.3 Å². The summed E-state index contributed by atoms with van der Waals surface area (Å²) < 4.78 is 24.2. The molecule has 1 aliphatic rings. The van der Waals surface area contributed by atoms with Crippen LogP contribution in [0.1, 0.15) is 40.2 Å². The zero-order valence-corrected chi connectivity index (χ0v) is 21.6. The Morgan fingerprint density at radius 3 is 2.35 bits per heavy atom. The summed E-state index contributed by atoms with van der Waals surface area (Å²) in [4.78, 5) is 0. The Labute approximate surface area is 189 Å². The van der Waals surface area contributed by atoms with Crippen LogP contribution in [0.3, 0.4) is 0 Å². The van der Waals surface area contributed by atoms with Gasteiger partial charge in [0.15, 0.2) is 8.32 Å². The van der Waals surface area contributed by atoms with Gasteiger partial charge in [-0.2, -0.15) is 0 Å². The third-order valence-electron chi connectivity index (χ3n) is 6.91.